The second-order valence-electron chi connectivity index (χ2n) is 6.12. The highest BCUT2D eigenvalue weighted by molar-refractivity contribution is 7.20. The number of carbonyl (C=O) groups excluding carboxylic acids is 2. The lowest BCUT2D eigenvalue weighted by atomic mass is 10.0. The molecule has 0 fully saturated rings. The first-order chi connectivity index (χ1) is 13.0. The summed E-state index contributed by atoms with van der Waals surface area (Å²) in [4.78, 5) is 29.8. The van der Waals surface area contributed by atoms with E-state index in [0.717, 1.165) is 15.4 Å². The highest BCUT2D eigenvalue weighted by Crippen LogP contribution is 2.28. The molecule has 2 atom stereocenters. The SMILES string of the molecule is C[C@H](OC(=O)c1csc(-c2cccs2)n1)C(=O)NC[C@@H](C)c1ccccc1. The van der Waals surface area contributed by atoms with Gasteiger partial charge in [-0.05, 0) is 29.9 Å². The van der Waals surface area contributed by atoms with Crippen molar-refractivity contribution in [3.8, 4) is 9.88 Å². The molecule has 0 aliphatic rings. The van der Waals surface area contributed by atoms with Crippen molar-refractivity contribution in [3.05, 3.63) is 64.5 Å². The summed E-state index contributed by atoms with van der Waals surface area (Å²) >= 11 is 2.94. The highest BCUT2D eigenvalue weighted by Gasteiger charge is 2.21. The highest BCUT2D eigenvalue weighted by atomic mass is 32.1. The molecular formula is C20H20N2O3S2. The van der Waals surface area contributed by atoms with Crippen molar-refractivity contribution >= 4 is 34.6 Å². The molecule has 0 aliphatic carbocycles. The zero-order chi connectivity index (χ0) is 19.2. The molecule has 2 heterocycles. The molecule has 0 saturated carbocycles. The molecule has 0 bridgehead atoms. The summed E-state index contributed by atoms with van der Waals surface area (Å²) in [6.07, 6.45) is -0.882. The van der Waals surface area contributed by atoms with E-state index in [0.29, 0.717) is 6.54 Å². The van der Waals surface area contributed by atoms with E-state index in [1.807, 2.05) is 54.8 Å². The Labute approximate surface area is 166 Å². The van der Waals surface area contributed by atoms with Crippen molar-refractivity contribution < 1.29 is 14.3 Å². The second-order valence-corrected chi connectivity index (χ2v) is 7.93. The maximum absolute atomic E-state index is 12.2. The third kappa shape index (κ3) is 5.02. The monoisotopic (exact) mass is 400 g/mol. The molecule has 2 aromatic heterocycles. The summed E-state index contributed by atoms with van der Waals surface area (Å²) in [7, 11) is 0. The summed E-state index contributed by atoms with van der Waals surface area (Å²) in [5.74, 6) is -0.738. The Bertz CT molecular complexity index is 891. The van der Waals surface area contributed by atoms with Crippen molar-refractivity contribution in [2.45, 2.75) is 25.9 Å². The Morgan fingerprint density at radius 1 is 1.11 bits per heavy atom. The predicted octanol–water partition coefficient (Wildman–Crippen LogP) is 4.34. The van der Waals surface area contributed by atoms with Gasteiger partial charge in [-0.15, -0.1) is 22.7 Å². The van der Waals surface area contributed by atoms with Gasteiger partial charge in [-0.2, -0.15) is 0 Å². The van der Waals surface area contributed by atoms with Crippen LogP contribution in [0.4, 0.5) is 0 Å². The normalized spacial score (nSPS) is 13.0. The maximum atomic E-state index is 12.2. The molecule has 0 spiro atoms. The van der Waals surface area contributed by atoms with Gasteiger partial charge in [-0.25, -0.2) is 9.78 Å². The molecule has 5 nitrogen and oxygen atoms in total. The number of thiazole rings is 1. The smallest absolute Gasteiger partial charge is 0.358 e. The summed E-state index contributed by atoms with van der Waals surface area (Å²) < 4.78 is 5.26. The molecule has 7 heteroatoms. The maximum Gasteiger partial charge on any atom is 0.358 e. The van der Waals surface area contributed by atoms with Gasteiger partial charge >= 0.3 is 5.97 Å². The number of aromatic nitrogens is 1. The van der Waals surface area contributed by atoms with Gasteiger partial charge in [0.25, 0.3) is 5.91 Å². The minimum absolute atomic E-state index is 0.171. The molecule has 1 aromatic carbocycles. The number of benzene rings is 1. The number of thiophene rings is 1. The average Bonchev–Trinajstić information content (AvgIpc) is 3.37. The minimum atomic E-state index is -0.882. The second kappa shape index (κ2) is 8.92. The van der Waals surface area contributed by atoms with Crippen molar-refractivity contribution in [2.24, 2.45) is 0 Å². The van der Waals surface area contributed by atoms with Crippen LogP contribution in [0.3, 0.4) is 0 Å². The van der Waals surface area contributed by atoms with Gasteiger partial charge in [0.05, 0.1) is 4.88 Å². The van der Waals surface area contributed by atoms with Gasteiger partial charge in [-0.1, -0.05) is 43.3 Å². The molecule has 3 aromatic rings. The van der Waals surface area contributed by atoms with Crippen LogP contribution >= 0.6 is 22.7 Å². The fraction of sp³-hybridized carbons (Fsp3) is 0.250. The fourth-order valence-electron chi connectivity index (χ4n) is 2.45. The largest absolute Gasteiger partial charge is 0.448 e. The standard InChI is InChI=1S/C20H20N2O3S2/c1-13(15-7-4-3-5-8-15)11-21-18(23)14(2)25-20(24)16-12-27-19(22-16)17-9-6-10-26-17/h3-10,12-14H,11H2,1-2H3,(H,21,23)/t13-,14+/m1/s1. The molecule has 0 unspecified atom stereocenters. The summed E-state index contributed by atoms with van der Waals surface area (Å²) in [6, 6.07) is 13.8. The van der Waals surface area contributed by atoms with E-state index in [9.17, 15) is 9.59 Å². The Kier molecular flexibility index (Phi) is 6.36. The molecule has 140 valence electrons. The molecule has 3 rings (SSSR count). The van der Waals surface area contributed by atoms with E-state index in [1.54, 1.807) is 23.6 Å². The van der Waals surface area contributed by atoms with Crippen LogP contribution < -0.4 is 5.32 Å². The third-order valence-corrected chi connectivity index (χ3v) is 5.93. The van der Waals surface area contributed by atoms with Crippen LogP contribution in [0.5, 0.6) is 0 Å². The number of carbonyl (C=O) groups is 2. The van der Waals surface area contributed by atoms with Gasteiger partial charge in [0.1, 0.15) is 5.01 Å². The number of esters is 1. The molecule has 0 aliphatic heterocycles. The lowest BCUT2D eigenvalue weighted by Crippen LogP contribution is -2.37. The zero-order valence-corrected chi connectivity index (χ0v) is 16.7. The van der Waals surface area contributed by atoms with E-state index in [-0.39, 0.29) is 17.5 Å². The van der Waals surface area contributed by atoms with Gasteiger partial charge in [0, 0.05) is 11.9 Å². The van der Waals surface area contributed by atoms with Crippen LogP contribution in [0.1, 0.15) is 35.8 Å². The molecule has 0 radical (unpaired) electrons. The lowest BCUT2D eigenvalue weighted by Gasteiger charge is -2.16. The molecule has 0 saturated heterocycles. The van der Waals surface area contributed by atoms with E-state index in [2.05, 4.69) is 10.3 Å². The Hall–Kier alpha value is -2.51. The van der Waals surface area contributed by atoms with Gasteiger partial charge < -0.3 is 10.1 Å². The lowest BCUT2D eigenvalue weighted by molar-refractivity contribution is -0.129. The molecule has 27 heavy (non-hydrogen) atoms. The van der Waals surface area contributed by atoms with E-state index in [4.69, 9.17) is 4.74 Å². The number of nitrogens with zero attached hydrogens (tertiary/aromatic N) is 1. The number of hydrogen-bond acceptors (Lipinski definition) is 6. The predicted molar refractivity (Wildman–Crippen MR) is 108 cm³/mol. The fourth-order valence-corrected chi connectivity index (χ4v) is 4.06. The number of nitrogens with one attached hydrogen (secondary N) is 1. The van der Waals surface area contributed by atoms with Crippen LogP contribution in [0.25, 0.3) is 9.88 Å². The summed E-state index contributed by atoms with van der Waals surface area (Å²) in [5.41, 5.74) is 1.37. The van der Waals surface area contributed by atoms with Gasteiger partial charge in [-0.3, -0.25) is 4.79 Å². The minimum Gasteiger partial charge on any atom is -0.448 e. The van der Waals surface area contributed by atoms with Crippen LogP contribution in [0.2, 0.25) is 0 Å². The van der Waals surface area contributed by atoms with Crippen LogP contribution in [0.15, 0.2) is 53.2 Å². The van der Waals surface area contributed by atoms with Crippen molar-refractivity contribution in [2.75, 3.05) is 6.54 Å². The quantitative estimate of drug-likeness (QED) is 0.599. The van der Waals surface area contributed by atoms with Gasteiger partial charge in [0.2, 0.25) is 0 Å². The van der Waals surface area contributed by atoms with Crippen molar-refractivity contribution in [1.82, 2.24) is 10.3 Å². The topological polar surface area (TPSA) is 68.3 Å². The average molecular weight is 401 g/mol. The molecule has 1 amide bonds. The first-order valence-electron chi connectivity index (χ1n) is 8.57. The first-order valence-corrected chi connectivity index (χ1v) is 10.3. The number of amides is 1. The van der Waals surface area contributed by atoms with Crippen LogP contribution in [-0.2, 0) is 9.53 Å². The molecule has 1 N–H and O–H groups in total. The van der Waals surface area contributed by atoms with Crippen LogP contribution in [-0.4, -0.2) is 29.5 Å². The van der Waals surface area contributed by atoms with Crippen molar-refractivity contribution in [1.29, 1.82) is 0 Å². The number of rotatable bonds is 7. The summed E-state index contributed by atoms with van der Waals surface area (Å²) in [6.45, 7) is 4.07. The Balaban J connectivity index is 1.51. The summed E-state index contributed by atoms with van der Waals surface area (Å²) in [5, 5.41) is 7.21. The molecular weight excluding hydrogens is 380 g/mol. The van der Waals surface area contributed by atoms with Gasteiger partial charge in [0.15, 0.2) is 11.8 Å². The Morgan fingerprint density at radius 2 is 1.89 bits per heavy atom. The van der Waals surface area contributed by atoms with Crippen LogP contribution in [0, 0.1) is 0 Å². The Morgan fingerprint density at radius 3 is 2.59 bits per heavy atom. The number of ether oxygens (including phenoxy) is 1. The first kappa shape index (κ1) is 19.3. The van der Waals surface area contributed by atoms with E-state index in [1.165, 1.54) is 11.3 Å². The van der Waals surface area contributed by atoms with Crippen molar-refractivity contribution in [3.63, 3.8) is 0 Å². The third-order valence-electron chi connectivity index (χ3n) is 4.05. The van der Waals surface area contributed by atoms with E-state index >= 15 is 0 Å². The zero-order valence-electron chi connectivity index (χ0n) is 15.0. The van der Waals surface area contributed by atoms with E-state index < -0.39 is 12.1 Å². The number of hydrogen-bond donors (Lipinski definition) is 1.